The van der Waals surface area contributed by atoms with Crippen LogP contribution in [-0.2, 0) is 0 Å². The predicted octanol–water partition coefficient (Wildman–Crippen LogP) is 4.12. The number of nitrogens with one attached hydrogen (secondary N) is 2. The molecule has 118 valence electrons. The normalized spacial score (nSPS) is 14.7. The molecule has 1 saturated carbocycles. The highest BCUT2D eigenvalue weighted by Gasteiger charge is 2.19. The molecular formula is C15H13BrN4O2S. The Morgan fingerprint density at radius 2 is 2.22 bits per heavy atom. The van der Waals surface area contributed by atoms with Crippen molar-refractivity contribution in [1.82, 2.24) is 9.97 Å². The van der Waals surface area contributed by atoms with Crippen molar-refractivity contribution in [3.8, 4) is 0 Å². The second-order valence-corrected chi connectivity index (χ2v) is 7.23. The van der Waals surface area contributed by atoms with Crippen molar-refractivity contribution in [3.63, 3.8) is 0 Å². The van der Waals surface area contributed by atoms with Gasteiger partial charge in [0.25, 0.3) is 0 Å². The Kier molecular flexibility index (Phi) is 3.78. The Bertz CT molecular complexity index is 919. The highest BCUT2D eigenvalue weighted by Crippen LogP contribution is 2.28. The standard InChI is InChI=1S/C15H13BrN4O2S/c16-10-7-17-14(20-13(10)18-8-2-1-3-8)19-9-4-5-11-12(6-9)23-15(21)22-11/h4-8H,1-3H2,(H2,17,18,19,20). The van der Waals surface area contributed by atoms with E-state index in [1.54, 1.807) is 12.3 Å². The van der Waals surface area contributed by atoms with Crippen LogP contribution >= 0.6 is 27.3 Å². The average Bonchev–Trinajstić information content (AvgIpc) is 2.85. The Balaban J connectivity index is 1.58. The van der Waals surface area contributed by atoms with Crippen LogP contribution in [0, 0.1) is 0 Å². The Labute approximate surface area is 144 Å². The lowest BCUT2D eigenvalue weighted by molar-refractivity contribution is 0.444. The fourth-order valence-corrected chi connectivity index (χ4v) is 3.37. The summed E-state index contributed by atoms with van der Waals surface area (Å²) in [5.74, 6) is 1.30. The molecular weight excluding hydrogens is 380 g/mol. The number of hydrogen-bond acceptors (Lipinski definition) is 7. The molecule has 4 rings (SSSR count). The molecule has 0 bridgehead atoms. The second-order valence-electron chi connectivity index (χ2n) is 5.40. The number of hydrogen-bond donors (Lipinski definition) is 2. The van der Waals surface area contributed by atoms with Crippen molar-refractivity contribution >= 4 is 55.0 Å². The minimum atomic E-state index is -0.302. The van der Waals surface area contributed by atoms with Gasteiger partial charge in [-0.15, -0.1) is 0 Å². The highest BCUT2D eigenvalue weighted by atomic mass is 79.9. The monoisotopic (exact) mass is 392 g/mol. The van der Waals surface area contributed by atoms with Gasteiger partial charge in [0.1, 0.15) is 11.4 Å². The maximum atomic E-state index is 11.3. The highest BCUT2D eigenvalue weighted by molar-refractivity contribution is 9.10. The molecule has 2 N–H and O–H groups in total. The van der Waals surface area contributed by atoms with E-state index in [1.165, 1.54) is 19.3 Å². The van der Waals surface area contributed by atoms with Crippen molar-refractivity contribution in [2.75, 3.05) is 10.6 Å². The van der Waals surface area contributed by atoms with Crippen molar-refractivity contribution in [2.24, 2.45) is 0 Å². The van der Waals surface area contributed by atoms with Crippen LogP contribution in [0.15, 0.2) is 38.1 Å². The van der Waals surface area contributed by atoms with Gasteiger partial charge in [-0.3, -0.25) is 0 Å². The summed E-state index contributed by atoms with van der Waals surface area (Å²) in [5, 5.41) is 6.58. The molecule has 0 spiro atoms. The molecule has 1 aliphatic rings. The van der Waals surface area contributed by atoms with E-state index in [-0.39, 0.29) is 4.94 Å². The van der Waals surface area contributed by atoms with Crippen LogP contribution in [0.1, 0.15) is 19.3 Å². The van der Waals surface area contributed by atoms with E-state index in [0.29, 0.717) is 17.6 Å². The van der Waals surface area contributed by atoms with E-state index in [9.17, 15) is 4.79 Å². The summed E-state index contributed by atoms with van der Waals surface area (Å²) >= 11 is 4.55. The molecule has 1 aliphatic carbocycles. The minimum Gasteiger partial charge on any atom is -0.414 e. The van der Waals surface area contributed by atoms with Crippen molar-refractivity contribution in [3.05, 3.63) is 38.6 Å². The number of halogens is 1. The summed E-state index contributed by atoms with van der Waals surface area (Å²) in [7, 11) is 0. The molecule has 0 atom stereocenters. The smallest absolute Gasteiger partial charge is 0.396 e. The molecule has 0 radical (unpaired) electrons. The minimum absolute atomic E-state index is 0.302. The van der Waals surface area contributed by atoms with Gasteiger partial charge in [0.05, 0.1) is 9.17 Å². The lowest BCUT2D eigenvalue weighted by Gasteiger charge is -2.27. The number of rotatable bonds is 4. The first-order chi connectivity index (χ1) is 11.2. The molecule has 0 aliphatic heterocycles. The Morgan fingerprint density at radius 1 is 1.35 bits per heavy atom. The van der Waals surface area contributed by atoms with Gasteiger partial charge >= 0.3 is 4.94 Å². The maximum absolute atomic E-state index is 11.3. The van der Waals surface area contributed by atoms with E-state index in [0.717, 1.165) is 32.0 Å². The SMILES string of the molecule is O=c1oc2ccc(Nc3ncc(Br)c(NC4CCC4)n3)cc2s1. The Morgan fingerprint density at radius 3 is 3.00 bits per heavy atom. The third kappa shape index (κ3) is 3.09. The second kappa shape index (κ2) is 5.93. The summed E-state index contributed by atoms with van der Waals surface area (Å²) in [6, 6.07) is 5.95. The topological polar surface area (TPSA) is 80.0 Å². The molecule has 1 fully saturated rings. The van der Waals surface area contributed by atoms with E-state index < -0.39 is 0 Å². The third-order valence-electron chi connectivity index (χ3n) is 3.78. The Hall–Kier alpha value is -1.93. The van der Waals surface area contributed by atoms with Crippen LogP contribution in [0.4, 0.5) is 17.5 Å². The van der Waals surface area contributed by atoms with Crippen LogP contribution in [0.5, 0.6) is 0 Å². The molecule has 3 aromatic rings. The summed E-state index contributed by atoms with van der Waals surface area (Å²) < 4.78 is 6.70. The van der Waals surface area contributed by atoms with Gasteiger partial charge in [0, 0.05) is 17.9 Å². The average molecular weight is 393 g/mol. The van der Waals surface area contributed by atoms with Gasteiger partial charge < -0.3 is 15.1 Å². The number of aromatic nitrogens is 2. The quantitative estimate of drug-likeness (QED) is 0.694. The lowest BCUT2D eigenvalue weighted by Crippen LogP contribution is -2.27. The summed E-state index contributed by atoms with van der Waals surface area (Å²) in [6.07, 6.45) is 5.34. The zero-order valence-electron chi connectivity index (χ0n) is 12.0. The number of fused-ring (bicyclic) bond motifs is 1. The maximum Gasteiger partial charge on any atom is 0.396 e. The summed E-state index contributed by atoms with van der Waals surface area (Å²) in [6.45, 7) is 0. The molecule has 0 amide bonds. The number of nitrogens with zero attached hydrogens (tertiary/aromatic N) is 2. The van der Waals surface area contributed by atoms with Gasteiger partial charge in [0.15, 0.2) is 0 Å². The first kappa shape index (κ1) is 14.6. The number of anilines is 3. The van der Waals surface area contributed by atoms with Gasteiger partial charge in [0.2, 0.25) is 5.95 Å². The van der Waals surface area contributed by atoms with Crippen LogP contribution < -0.4 is 15.6 Å². The fourth-order valence-electron chi connectivity index (χ4n) is 2.35. The molecule has 8 heteroatoms. The van der Waals surface area contributed by atoms with E-state index >= 15 is 0 Å². The number of benzene rings is 1. The van der Waals surface area contributed by atoms with Crippen LogP contribution in [-0.4, -0.2) is 16.0 Å². The largest absolute Gasteiger partial charge is 0.414 e. The molecule has 0 saturated heterocycles. The van der Waals surface area contributed by atoms with E-state index in [2.05, 4.69) is 36.5 Å². The predicted molar refractivity (Wildman–Crippen MR) is 94.6 cm³/mol. The third-order valence-corrected chi connectivity index (χ3v) is 5.15. The van der Waals surface area contributed by atoms with E-state index in [1.807, 2.05) is 12.1 Å². The summed E-state index contributed by atoms with van der Waals surface area (Å²) in [5.41, 5.74) is 1.40. The van der Waals surface area contributed by atoms with Crippen LogP contribution in [0.2, 0.25) is 0 Å². The lowest BCUT2D eigenvalue weighted by atomic mass is 9.93. The van der Waals surface area contributed by atoms with Crippen LogP contribution in [0.3, 0.4) is 0 Å². The molecule has 6 nitrogen and oxygen atoms in total. The van der Waals surface area contributed by atoms with Gasteiger partial charge in [-0.1, -0.05) is 11.3 Å². The zero-order chi connectivity index (χ0) is 15.8. The van der Waals surface area contributed by atoms with Gasteiger partial charge in [-0.25, -0.2) is 9.78 Å². The molecule has 1 aromatic carbocycles. The van der Waals surface area contributed by atoms with Gasteiger partial charge in [-0.05, 0) is 53.4 Å². The molecule has 23 heavy (non-hydrogen) atoms. The van der Waals surface area contributed by atoms with Crippen molar-refractivity contribution in [1.29, 1.82) is 0 Å². The van der Waals surface area contributed by atoms with E-state index in [4.69, 9.17) is 4.42 Å². The molecule has 2 aromatic heterocycles. The molecule has 2 heterocycles. The van der Waals surface area contributed by atoms with Crippen LogP contribution in [0.25, 0.3) is 10.3 Å². The first-order valence-corrected chi connectivity index (χ1v) is 8.88. The van der Waals surface area contributed by atoms with Crippen molar-refractivity contribution in [2.45, 2.75) is 25.3 Å². The molecule has 0 unspecified atom stereocenters. The van der Waals surface area contributed by atoms with Crippen molar-refractivity contribution < 1.29 is 4.42 Å². The fraction of sp³-hybridized carbons (Fsp3) is 0.267. The summed E-state index contributed by atoms with van der Waals surface area (Å²) in [4.78, 5) is 19.8. The van der Waals surface area contributed by atoms with Gasteiger partial charge in [-0.2, -0.15) is 4.98 Å². The first-order valence-electron chi connectivity index (χ1n) is 7.27. The zero-order valence-corrected chi connectivity index (χ0v) is 14.4.